The first-order valence-electron chi connectivity index (χ1n) is 14.0. The quantitative estimate of drug-likeness (QED) is 0.361. The number of hydrogen-bond acceptors (Lipinski definition) is 6. The van der Waals surface area contributed by atoms with Gasteiger partial charge in [0.05, 0.1) is 23.6 Å². The Morgan fingerprint density at radius 2 is 1.77 bits per heavy atom. The number of carbonyl (C=O) groups excluding carboxylic acids is 1. The normalized spacial score (nSPS) is 21.1. The van der Waals surface area contributed by atoms with E-state index in [2.05, 4.69) is 0 Å². The zero-order chi connectivity index (χ0) is 27.2. The predicted molar refractivity (Wildman–Crippen MR) is 154 cm³/mol. The topological polar surface area (TPSA) is 88.4 Å². The lowest BCUT2D eigenvalue weighted by Crippen LogP contribution is -2.41. The number of nitrogens with zero attached hydrogens (tertiary/aromatic N) is 2. The molecule has 8 heteroatoms. The summed E-state index contributed by atoms with van der Waals surface area (Å²) in [6.07, 6.45) is 13.5. The van der Waals surface area contributed by atoms with Crippen molar-refractivity contribution < 1.29 is 24.2 Å². The lowest BCUT2D eigenvalue weighted by molar-refractivity contribution is -0.124. The Morgan fingerprint density at radius 3 is 2.49 bits per heavy atom. The number of carboxylic acids is 1. The minimum atomic E-state index is -0.972. The van der Waals surface area contributed by atoms with E-state index in [1.165, 1.54) is 37.4 Å². The number of hydrogen-bond donors (Lipinski definition) is 1. The van der Waals surface area contributed by atoms with Crippen LogP contribution >= 0.6 is 11.8 Å². The number of benzene rings is 2. The lowest BCUT2D eigenvalue weighted by atomic mass is 9.94. The molecule has 0 bridgehead atoms. The SMILES string of the molecule is COc1cc(C=C2SC(=NC3CCCCC3)N(C3CCCCC3)C2=O)ccc1OCc1cccc(C(=O)O)c1. The van der Waals surface area contributed by atoms with Crippen molar-refractivity contribution in [1.82, 2.24) is 4.90 Å². The highest BCUT2D eigenvalue weighted by atomic mass is 32.2. The molecule has 39 heavy (non-hydrogen) atoms. The summed E-state index contributed by atoms with van der Waals surface area (Å²) < 4.78 is 11.5. The third kappa shape index (κ3) is 6.67. The molecule has 0 unspecified atom stereocenters. The molecule has 0 atom stereocenters. The van der Waals surface area contributed by atoms with Gasteiger partial charge in [-0.05, 0) is 78.9 Å². The largest absolute Gasteiger partial charge is 0.493 e. The van der Waals surface area contributed by atoms with Crippen molar-refractivity contribution >= 4 is 34.9 Å². The highest BCUT2D eigenvalue weighted by Gasteiger charge is 2.39. The van der Waals surface area contributed by atoms with E-state index in [9.17, 15) is 14.7 Å². The first kappa shape index (κ1) is 27.3. The van der Waals surface area contributed by atoms with Gasteiger partial charge in [0.25, 0.3) is 5.91 Å². The van der Waals surface area contributed by atoms with Crippen LogP contribution in [0.5, 0.6) is 11.5 Å². The number of carbonyl (C=O) groups is 2. The maximum Gasteiger partial charge on any atom is 0.335 e. The van der Waals surface area contributed by atoms with Crippen LogP contribution in [0.3, 0.4) is 0 Å². The number of aliphatic imine (C=N–C) groups is 1. The van der Waals surface area contributed by atoms with E-state index < -0.39 is 5.97 Å². The van der Waals surface area contributed by atoms with Crippen molar-refractivity contribution in [3.8, 4) is 11.5 Å². The molecule has 7 nitrogen and oxygen atoms in total. The molecule has 206 valence electrons. The van der Waals surface area contributed by atoms with Gasteiger partial charge in [-0.3, -0.25) is 14.7 Å². The summed E-state index contributed by atoms with van der Waals surface area (Å²) in [5, 5.41) is 10.1. The second-order valence-corrected chi connectivity index (χ2v) is 11.5. The van der Waals surface area contributed by atoms with Crippen molar-refractivity contribution in [3.05, 3.63) is 64.1 Å². The first-order valence-corrected chi connectivity index (χ1v) is 14.8. The standard InChI is InChI=1S/C31H36N2O5S/c1-37-27-18-21(15-16-26(27)38-20-22-9-8-10-23(17-22)30(35)36)19-28-29(34)33(25-13-6-3-7-14-25)31(39-28)32-24-11-4-2-5-12-24/h8-10,15-19,24-25H,2-7,11-14,20H2,1H3,(H,35,36). The fourth-order valence-electron chi connectivity index (χ4n) is 5.60. The molecule has 3 fully saturated rings. The highest BCUT2D eigenvalue weighted by molar-refractivity contribution is 8.18. The molecule has 0 spiro atoms. The Morgan fingerprint density at radius 1 is 1.03 bits per heavy atom. The van der Waals surface area contributed by atoms with Gasteiger partial charge in [0, 0.05) is 6.04 Å². The van der Waals surface area contributed by atoms with E-state index in [4.69, 9.17) is 14.5 Å². The maximum absolute atomic E-state index is 13.7. The van der Waals surface area contributed by atoms with Crippen LogP contribution in [0.25, 0.3) is 6.08 Å². The fourth-order valence-corrected chi connectivity index (χ4v) is 6.71. The smallest absolute Gasteiger partial charge is 0.335 e. The van der Waals surface area contributed by atoms with Crippen molar-refractivity contribution in [2.75, 3.05) is 7.11 Å². The number of rotatable bonds is 8. The Bertz CT molecular complexity index is 1260. The van der Waals surface area contributed by atoms with Crippen molar-refractivity contribution in [2.45, 2.75) is 82.9 Å². The second kappa shape index (κ2) is 12.7. The summed E-state index contributed by atoms with van der Waals surface area (Å²) in [5.41, 5.74) is 1.83. The molecular formula is C31H36N2O5S. The summed E-state index contributed by atoms with van der Waals surface area (Å²) in [6.45, 7) is 0.212. The van der Waals surface area contributed by atoms with Crippen LogP contribution < -0.4 is 9.47 Å². The first-order chi connectivity index (χ1) is 19.0. The molecule has 2 aliphatic carbocycles. The molecular weight excluding hydrogens is 512 g/mol. The van der Waals surface area contributed by atoms with E-state index >= 15 is 0 Å². The molecule has 1 saturated heterocycles. The molecule has 1 amide bonds. The van der Waals surface area contributed by atoms with Gasteiger partial charge in [-0.15, -0.1) is 0 Å². The molecule has 5 rings (SSSR count). The maximum atomic E-state index is 13.7. The number of carboxylic acid groups (broad SMARTS) is 1. The van der Waals surface area contributed by atoms with Crippen LogP contribution in [0.15, 0.2) is 52.4 Å². The Kier molecular flexibility index (Phi) is 8.91. The average Bonchev–Trinajstić information content (AvgIpc) is 3.27. The van der Waals surface area contributed by atoms with Gasteiger partial charge in [-0.2, -0.15) is 0 Å². The van der Waals surface area contributed by atoms with E-state index in [1.54, 1.807) is 25.3 Å². The van der Waals surface area contributed by atoms with Crippen LogP contribution in [0.1, 0.15) is 85.7 Å². The van der Waals surface area contributed by atoms with E-state index in [0.717, 1.165) is 54.8 Å². The summed E-state index contributed by atoms with van der Waals surface area (Å²) in [4.78, 5) is 32.7. The molecule has 1 aliphatic heterocycles. The fraction of sp³-hybridized carbons (Fsp3) is 0.452. The van der Waals surface area contributed by atoms with Gasteiger partial charge in [0.1, 0.15) is 6.61 Å². The number of amidine groups is 1. The molecule has 2 aromatic rings. The Labute approximate surface area is 234 Å². The van der Waals surface area contributed by atoms with Gasteiger partial charge >= 0.3 is 5.97 Å². The molecule has 2 aromatic carbocycles. The zero-order valence-electron chi connectivity index (χ0n) is 22.4. The van der Waals surface area contributed by atoms with Crippen LogP contribution in [-0.4, -0.2) is 46.2 Å². The van der Waals surface area contributed by atoms with Crippen molar-refractivity contribution in [3.63, 3.8) is 0 Å². The van der Waals surface area contributed by atoms with Gasteiger partial charge in [-0.1, -0.05) is 56.7 Å². The molecule has 3 aliphatic rings. The van der Waals surface area contributed by atoms with E-state index in [1.807, 2.05) is 35.2 Å². The van der Waals surface area contributed by atoms with Crippen molar-refractivity contribution in [2.24, 2.45) is 4.99 Å². The Balaban J connectivity index is 1.35. The lowest BCUT2D eigenvalue weighted by Gasteiger charge is -2.31. The monoisotopic (exact) mass is 548 g/mol. The average molecular weight is 549 g/mol. The minimum Gasteiger partial charge on any atom is -0.493 e. The van der Waals surface area contributed by atoms with Gasteiger partial charge in [0.15, 0.2) is 16.7 Å². The van der Waals surface area contributed by atoms with Crippen LogP contribution in [0, 0.1) is 0 Å². The summed E-state index contributed by atoms with van der Waals surface area (Å²) in [6, 6.07) is 12.8. The van der Waals surface area contributed by atoms with Crippen LogP contribution in [0.2, 0.25) is 0 Å². The summed E-state index contributed by atoms with van der Waals surface area (Å²) >= 11 is 1.51. The minimum absolute atomic E-state index is 0.0547. The highest BCUT2D eigenvalue weighted by Crippen LogP contribution is 2.39. The number of thioether (sulfide) groups is 1. The van der Waals surface area contributed by atoms with Crippen LogP contribution in [0.4, 0.5) is 0 Å². The third-order valence-corrected chi connectivity index (χ3v) is 8.70. The molecule has 2 saturated carbocycles. The summed E-state index contributed by atoms with van der Waals surface area (Å²) in [5.74, 6) is 0.183. The summed E-state index contributed by atoms with van der Waals surface area (Å²) in [7, 11) is 1.58. The van der Waals surface area contributed by atoms with Gasteiger partial charge < -0.3 is 14.6 Å². The number of amides is 1. The van der Waals surface area contributed by atoms with Gasteiger partial charge in [0.2, 0.25) is 0 Å². The molecule has 0 radical (unpaired) electrons. The third-order valence-electron chi connectivity index (χ3n) is 7.70. The molecule has 1 heterocycles. The molecule has 1 N–H and O–H groups in total. The number of aromatic carboxylic acids is 1. The second-order valence-electron chi connectivity index (χ2n) is 10.5. The number of ether oxygens (including phenoxy) is 2. The Hall–Kier alpha value is -3.26. The zero-order valence-corrected chi connectivity index (χ0v) is 23.3. The van der Waals surface area contributed by atoms with E-state index in [0.29, 0.717) is 22.4 Å². The molecule has 0 aromatic heterocycles. The van der Waals surface area contributed by atoms with Gasteiger partial charge in [-0.25, -0.2) is 4.79 Å². The number of methoxy groups -OCH3 is 1. The van der Waals surface area contributed by atoms with E-state index in [-0.39, 0.29) is 24.1 Å². The van der Waals surface area contributed by atoms with Crippen molar-refractivity contribution in [1.29, 1.82) is 0 Å². The predicted octanol–water partition coefficient (Wildman–Crippen LogP) is 6.91. The van der Waals surface area contributed by atoms with Crippen LogP contribution in [-0.2, 0) is 11.4 Å².